The molecule has 0 aliphatic carbocycles. The van der Waals surface area contributed by atoms with E-state index in [9.17, 15) is 19.2 Å². The summed E-state index contributed by atoms with van der Waals surface area (Å²) >= 11 is 0. The van der Waals surface area contributed by atoms with Gasteiger partial charge in [-0.3, -0.25) is 14.4 Å². The second-order valence-corrected chi connectivity index (χ2v) is 9.57. The van der Waals surface area contributed by atoms with Gasteiger partial charge in [0.05, 0.1) is 12.5 Å². The normalized spacial score (nSPS) is 18.6. The Morgan fingerprint density at radius 3 is 2.43 bits per heavy atom. The van der Waals surface area contributed by atoms with Gasteiger partial charge in [-0.2, -0.15) is 0 Å². The van der Waals surface area contributed by atoms with E-state index in [1.165, 1.54) is 0 Å². The lowest BCUT2D eigenvalue weighted by molar-refractivity contribution is -0.147. The highest BCUT2D eigenvalue weighted by atomic mass is 16.7. The van der Waals surface area contributed by atoms with Crippen LogP contribution in [0.5, 0.6) is 0 Å². The largest absolute Gasteiger partial charge is 0.463 e. The summed E-state index contributed by atoms with van der Waals surface area (Å²) in [6.07, 6.45) is 1.62. The lowest BCUT2D eigenvalue weighted by atomic mass is 10.00. The molecule has 37 heavy (non-hydrogen) atoms. The zero-order valence-electron chi connectivity index (χ0n) is 21.6. The Labute approximate surface area is 216 Å². The molecule has 1 atom stereocenters. The van der Waals surface area contributed by atoms with E-state index in [1.54, 1.807) is 47.9 Å². The monoisotopic (exact) mass is 516 g/mol. The highest BCUT2D eigenvalue weighted by Gasteiger charge is 2.33. The maximum atomic E-state index is 12.8. The van der Waals surface area contributed by atoms with Crippen molar-refractivity contribution in [2.75, 3.05) is 31.1 Å². The van der Waals surface area contributed by atoms with Crippen LogP contribution in [0.1, 0.15) is 52.0 Å². The average Bonchev–Trinajstić information content (AvgIpc) is 3.22. The Bertz CT molecular complexity index is 1000. The summed E-state index contributed by atoms with van der Waals surface area (Å²) in [4.78, 5) is 56.8. The SMILES string of the molecule is CC1CCN(C(=O)O/N=C(\N)c2ccc(N3CCC(NC(=O)NCCC(=O)OC(C)C)C3=O)cc2)CC1. The van der Waals surface area contributed by atoms with Crippen LogP contribution in [0, 0.1) is 5.92 Å². The molecule has 2 fully saturated rings. The topological polar surface area (TPSA) is 156 Å². The molecule has 2 aliphatic heterocycles. The number of nitrogens with zero attached hydrogens (tertiary/aromatic N) is 3. The summed E-state index contributed by atoms with van der Waals surface area (Å²) in [5.41, 5.74) is 7.16. The molecule has 1 unspecified atom stereocenters. The average molecular weight is 517 g/mol. The van der Waals surface area contributed by atoms with Crippen molar-refractivity contribution in [1.29, 1.82) is 0 Å². The first-order valence-electron chi connectivity index (χ1n) is 12.6. The van der Waals surface area contributed by atoms with Gasteiger partial charge in [0.1, 0.15) is 6.04 Å². The van der Waals surface area contributed by atoms with Gasteiger partial charge in [-0.15, -0.1) is 0 Å². The zero-order chi connectivity index (χ0) is 26.9. The first kappa shape index (κ1) is 27.8. The molecule has 2 saturated heterocycles. The van der Waals surface area contributed by atoms with E-state index in [-0.39, 0.29) is 30.8 Å². The van der Waals surface area contributed by atoms with Gasteiger partial charge in [-0.1, -0.05) is 12.1 Å². The Morgan fingerprint density at radius 2 is 1.78 bits per heavy atom. The van der Waals surface area contributed by atoms with Crippen molar-refractivity contribution in [2.24, 2.45) is 16.8 Å². The van der Waals surface area contributed by atoms with Crippen LogP contribution < -0.4 is 21.3 Å². The van der Waals surface area contributed by atoms with E-state index in [1.807, 2.05) is 0 Å². The van der Waals surface area contributed by atoms with Gasteiger partial charge >= 0.3 is 18.1 Å². The molecule has 0 bridgehead atoms. The van der Waals surface area contributed by atoms with Crippen molar-refractivity contribution in [1.82, 2.24) is 15.5 Å². The van der Waals surface area contributed by atoms with Crippen molar-refractivity contribution in [3.05, 3.63) is 29.8 Å². The summed E-state index contributed by atoms with van der Waals surface area (Å²) in [5, 5.41) is 8.97. The summed E-state index contributed by atoms with van der Waals surface area (Å²) in [6, 6.07) is 5.60. The third kappa shape index (κ3) is 8.09. The number of anilines is 1. The summed E-state index contributed by atoms with van der Waals surface area (Å²) in [6.45, 7) is 7.47. The van der Waals surface area contributed by atoms with Gasteiger partial charge in [0.15, 0.2) is 5.84 Å². The van der Waals surface area contributed by atoms with Gasteiger partial charge < -0.3 is 30.9 Å². The molecule has 2 aliphatic rings. The number of piperidine rings is 1. The van der Waals surface area contributed by atoms with E-state index >= 15 is 0 Å². The van der Waals surface area contributed by atoms with E-state index in [4.69, 9.17) is 15.3 Å². The summed E-state index contributed by atoms with van der Waals surface area (Å²) in [7, 11) is 0. The highest BCUT2D eigenvalue weighted by molar-refractivity contribution is 6.02. The smallest absolute Gasteiger partial charge is 0.436 e. The maximum absolute atomic E-state index is 12.8. The number of likely N-dealkylation sites (tertiary alicyclic amines) is 1. The Balaban J connectivity index is 1.46. The number of urea groups is 1. The number of hydrogen-bond acceptors (Lipinski definition) is 7. The molecule has 0 aromatic heterocycles. The van der Waals surface area contributed by atoms with Gasteiger partial charge in [0, 0.05) is 37.4 Å². The number of rotatable bonds is 8. The number of amides is 4. The molecule has 4 amide bonds. The van der Waals surface area contributed by atoms with E-state index in [2.05, 4.69) is 22.7 Å². The van der Waals surface area contributed by atoms with Crippen LogP contribution in [-0.2, 0) is 19.2 Å². The van der Waals surface area contributed by atoms with Crippen LogP contribution in [0.4, 0.5) is 15.3 Å². The second kappa shape index (κ2) is 12.9. The minimum absolute atomic E-state index is 0.0475. The summed E-state index contributed by atoms with van der Waals surface area (Å²) < 4.78 is 5.01. The van der Waals surface area contributed by atoms with Gasteiger partial charge in [0.25, 0.3) is 0 Å². The predicted molar refractivity (Wildman–Crippen MR) is 137 cm³/mol. The zero-order valence-corrected chi connectivity index (χ0v) is 21.6. The number of carbonyl (C=O) groups excluding carboxylic acids is 4. The van der Waals surface area contributed by atoms with Gasteiger partial charge in [0.2, 0.25) is 5.91 Å². The molecule has 1 aromatic carbocycles. The number of nitrogens with two attached hydrogens (primary N) is 1. The molecule has 2 heterocycles. The lowest BCUT2D eigenvalue weighted by Gasteiger charge is -2.28. The Morgan fingerprint density at radius 1 is 1.11 bits per heavy atom. The molecule has 0 spiro atoms. The molecule has 202 valence electrons. The number of carbonyl (C=O) groups is 4. The minimum Gasteiger partial charge on any atom is -0.463 e. The first-order valence-corrected chi connectivity index (χ1v) is 12.6. The molecule has 12 nitrogen and oxygen atoms in total. The maximum Gasteiger partial charge on any atom is 0.436 e. The van der Waals surface area contributed by atoms with Crippen molar-refractivity contribution < 1.29 is 28.8 Å². The van der Waals surface area contributed by atoms with Crippen molar-refractivity contribution in [3.8, 4) is 0 Å². The number of esters is 1. The molecule has 0 radical (unpaired) electrons. The van der Waals surface area contributed by atoms with Crippen molar-refractivity contribution in [2.45, 2.75) is 58.6 Å². The number of ether oxygens (including phenoxy) is 1. The molecule has 3 rings (SSSR count). The van der Waals surface area contributed by atoms with Crippen LogP contribution in [0.25, 0.3) is 0 Å². The Kier molecular flexibility index (Phi) is 9.70. The molecular formula is C25H36N6O6. The minimum atomic E-state index is -0.675. The fraction of sp³-hybridized carbons (Fsp3) is 0.560. The van der Waals surface area contributed by atoms with E-state index in [0.29, 0.717) is 43.2 Å². The molecular weight excluding hydrogens is 480 g/mol. The number of amidine groups is 1. The molecule has 12 heteroatoms. The third-order valence-corrected chi connectivity index (χ3v) is 6.23. The first-order chi connectivity index (χ1) is 17.6. The Hall–Kier alpha value is -3.83. The standard InChI is InChI=1S/C25H36N6O6/c1-16(2)36-21(32)8-12-27-24(34)28-20-11-15-31(23(20)33)19-6-4-18(5-7-19)22(26)29-37-25(35)30-13-9-17(3)10-14-30/h4-7,16-17,20H,8-15H2,1-3H3,(H2,26,29)(H2,27,28,34). The fourth-order valence-corrected chi connectivity index (χ4v) is 4.08. The van der Waals surface area contributed by atoms with Crippen LogP contribution in [0.2, 0.25) is 0 Å². The van der Waals surface area contributed by atoms with Crippen molar-refractivity contribution >= 4 is 35.5 Å². The number of oxime groups is 1. The molecule has 1 aromatic rings. The number of nitrogens with one attached hydrogen (secondary N) is 2. The number of hydrogen-bond donors (Lipinski definition) is 3. The van der Waals surface area contributed by atoms with E-state index < -0.39 is 24.1 Å². The lowest BCUT2D eigenvalue weighted by Crippen LogP contribution is -2.46. The molecule has 0 saturated carbocycles. The van der Waals surface area contributed by atoms with Crippen LogP contribution in [0.3, 0.4) is 0 Å². The van der Waals surface area contributed by atoms with E-state index in [0.717, 1.165) is 12.8 Å². The highest BCUT2D eigenvalue weighted by Crippen LogP contribution is 2.22. The van der Waals surface area contributed by atoms with Crippen LogP contribution >= 0.6 is 0 Å². The predicted octanol–water partition coefficient (Wildman–Crippen LogP) is 1.92. The van der Waals surface area contributed by atoms with Crippen LogP contribution in [0.15, 0.2) is 29.4 Å². The van der Waals surface area contributed by atoms with Gasteiger partial charge in [-0.05, 0) is 63.3 Å². The number of benzene rings is 1. The second-order valence-electron chi connectivity index (χ2n) is 9.57. The molecule has 4 N–H and O–H groups in total. The quantitative estimate of drug-likeness (QED) is 0.157. The van der Waals surface area contributed by atoms with Crippen LogP contribution in [-0.4, -0.2) is 73.1 Å². The van der Waals surface area contributed by atoms with Crippen molar-refractivity contribution in [3.63, 3.8) is 0 Å². The fourth-order valence-electron chi connectivity index (χ4n) is 4.08. The third-order valence-electron chi connectivity index (χ3n) is 6.23. The summed E-state index contributed by atoms with van der Waals surface area (Å²) in [5.74, 6) is -0.00356. The van der Waals surface area contributed by atoms with Gasteiger partial charge in [-0.25, -0.2) is 9.59 Å².